The summed E-state index contributed by atoms with van der Waals surface area (Å²) in [5, 5.41) is 10.1. The summed E-state index contributed by atoms with van der Waals surface area (Å²) in [7, 11) is 0. The maximum absolute atomic E-state index is 8.93. The van der Waals surface area contributed by atoms with E-state index in [0.29, 0.717) is 18.3 Å². The van der Waals surface area contributed by atoms with E-state index in [4.69, 9.17) is 19.7 Å². The van der Waals surface area contributed by atoms with Gasteiger partial charge in [-0.2, -0.15) is 5.26 Å². The van der Waals surface area contributed by atoms with Crippen LogP contribution in [0.3, 0.4) is 0 Å². The molecule has 1 fully saturated rings. The average molecular weight is 438 g/mol. The maximum atomic E-state index is 8.93. The van der Waals surface area contributed by atoms with E-state index in [2.05, 4.69) is 43.0 Å². The molecule has 5 nitrogen and oxygen atoms in total. The Morgan fingerprint density at radius 2 is 1.94 bits per heavy atom. The van der Waals surface area contributed by atoms with Crippen molar-refractivity contribution in [1.82, 2.24) is 4.98 Å². The first kappa shape index (κ1) is 22.9. The quantitative estimate of drug-likeness (QED) is 0.521. The third-order valence-corrected chi connectivity index (χ3v) is 5.64. The molecule has 1 aliphatic rings. The zero-order valence-electron chi connectivity index (χ0n) is 18.2. The molecule has 4 rings (SSSR count). The highest BCUT2D eigenvalue weighted by Gasteiger charge is 2.24. The lowest BCUT2D eigenvalue weighted by molar-refractivity contribution is 0.0788. The SMILES string of the molecule is CCO[C@H]1CCN(c2cc(C)nc3cc(COc4ccc(C#N)cc4)c(C)cc23)C1.Cl. The standard InChI is InChI=1S/C25H27N3O2.ClH/c1-4-29-22-9-10-28(15-22)25-12-18(3)27-24-13-20(17(2)11-23(24)25)16-30-21-7-5-19(14-26)6-8-21;/h5-8,11-13,22H,4,9-10,15-16H2,1-3H3;1H/t22-;/m0./s1. The number of fused-ring (bicyclic) bond motifs is 1. The average Bonchev–Trinajstić information content (AvgIpc) is 3.21. The fourth-order valence-electron chi connectivity index (χ4n) is 4.06. The summed E-state index contributed by atoms with van der Waals surface area (Å²) in [6.45, 7) is 9.38. The number of rotatable bonds is 6. The number of aromatic nitrogens is 1. The lowest BCUT2D eigenvalue weighted by atomic mass is 10.0. The fraction of sp³-hybridized carbons (Fsp3) is 0.360. The second-order valence-corrected chi connectivity index (χ2v) is 7.82. The summed E-state index contributed by atoms with van der Waals surface area (Å²) in [4.78, 5) is 7.21. The van der Waals surface area contributed by atoms with Crippen molar-refractivity contribution in [3.05, 3.63) is 64.8 Å². The minimum atomic E-state index is 0. The Morgan fingerprint density at radius 1 is 1.16 bits per heavy atom. The van der Waals surface area contributed by atoms with Gasteiger partial charge < -0.3 is 14.4 Å². The molecule has 162 valence electrons. The van der Waals surface area contributed by atoms with E-state index in [0.717, 1.165) is 48.6 Å². The first-order valence-electron chi connectivity index (χ1n) is 10.5. The van der Waals surface area contributed by atoms with Gasteiger partial charge in [0.2, 0.25) is 0 Å². The van der Waals surface area contributed by atoms with Crippen molar-refractivity contribution in [1.29, 1.82) is 5.26 Å². The van der Waals surface area contributed by atoms with Crippen molar-refractivity contribution in [3.63, 3.8) is 0 Å². The zero-order valence-corrected chi connectivity index (χ0v) is 19.0. The molecule has 1 atom stereocenters. The van der Waals surface area contributed by atoms with Crippen LogP contribution in [0.2, 0.25) is 0 Å². The Balaban J connectivity index is 0.00000272. The normalized spacial score (nSPS) is 15.5. The van der Waals surface area contributed by atoms with Gasteiger partial charge in [0.15, 0.2) is 0 Å². The number of anilines is 1. The van der Waals surface area contributed by atoms with Crippen molar-refractivity contribution in [2.75, 3.05) is 24.6 Å². The van der Waals surface area contributed by atoms with Crippen LogP contribution in [-0.2, 0) is 11.3 Å². The van der Waals surface area contributed by atoms with Crippen LogP contribution in [0, 0.1) is 25.2 Å². The van der Waals surface area contributed by atoms with Gasteiger partial charge in [-0.25, -0.2) is 0 Å². The maximum Gasteiger partial charge on any atom is 0.119 e. The largest absolute Gasteiger partial charge is 0.489 e. The van der Waals surface area contributed by atoms with Crippen molar-refractivity contribution in [3.8, 4) is 11.8 Å². The van der Waals surface area contributed by atoms with Gasteiger partial charge in [0.1, 0.15) is 12.4 Å². The molecule has 0 aliphatic carbocycles. The number of nitriles is 1. The number of benzene rings is 2. The second kappa shape index (κ2) is 10.00. The van der Waals surface area contributed by atoms with Crippen molar-refractivity contribution >= 4 is 29.0 Å². The molecule has 6 heteroatoms. The summed E-state index contributed by atoms with van der Waals surface area (Å²) in [5.41, 5.74) is 6.18. The first-order chi connectivity index (χ1) is 14.6. The van der Waals surface area contributed by atoms with E-state index in [1.807, 2.05) is 19.1 Å². The minimum Gasteiger partial charge on any atom is -0.489 e. The van der Waals surface area contributed by atoms with E-state index in [1.54, 1.807) is 12.1 Å². The van der Waals surface area contributed by atoms with Gasteiger partial charge in [-0.05, 0) is 80.8 Å². The highest BCUT2D eigenvalue weighted by Crippen LogP contribution is 2.32. The van der Waals surface area contributed by atoms with Gasteiger partial charge >= 0.3 is 0 Å². The molecule has 0 N–H and O–H groups in total. The molecule has 0 unspecified atom stereocenters. The van der Waals surface area contributed by atoms with Crippen LogP contribution in [0.25, 0.3) is 10.9 Å². The van der Waals surface area contributed by atoms with E-state index < -0.39 is 0 Å². The number of aryl methyl sites for hydroxylation is 2. The van der Waals surface area contributed by atoms with Crippen LogP contribution >= 0.6 is 12.4 Å². The number of hydrogen-bond acceptors (Lipinski definition) is 5. The fourth-order valence-corrected chi connectivity index (χ4v) is 4.06. The number of ether oxygens (including phenoxy) is 2. The van der Waals surface area contributed by atoms with Gasteiger partial charge in [0.05, 0.1) is 23.3 Å². The molecule has 1 aromatic heterocycles. The highest BCUT2D eigenvalue weighted by molar-refractivity contribution is 5.93. The van der Waals surface area contributed by atoms with E-state index in [-0.39, 0.29) is 12.4 Å². The van der Waals surface area contributed by atoms with Gasteiger partial charge in [-0.1, -0.05) is 0 Å². The van der Waals surface area contributed by atoms with Crippen LogP contribution < -0.4 is 9.64 Å². The van der Waals surface area contributed by atoms with E-state index >= 15 is 0 Å². The summed E-state index contributed by atoms with van der Waals surface area (Å²) in [6, 6.07) is 15.9. The van der Waals surface area contributed by atoms with Crippen LogP contribution in [0.4, 0.5) is 5.69 Å². The smallest absolute Gasteiger partial charge is 0.119 e. The number of hydrogen-bond donors (Lipinski definition) is 0. The molecule has 2 aromatic carbocycles. The van der Waals surface area contributed by atoms with Crippen molar-refractivity contribution < 1.29 is 9.47 Å². The molecular formula is C25H28ClN3O2. The third-order valence-electron chi connectivity index (χ3n) is 5.64. The Labute approximate surface area is 190 Å². The lowest BCUT2D eigenvalue weighted by Crippen LogP contribution is -2.23. The Morgan fingerprint density at radius 3 is 2.65 bits per heavy atom. The third kappa shape index (κ3) is 5.10. The number of pyridine rings is 1. The van der Waals surface area contributed by atoms with E-state index in [1.165, 1.54) is 16.6 Å². The molecular weight excluding hydrogens is 410 g/mol. The molecule has 0 bridgehead atoms. The van der Waals surface area contributed by atoms with Gasteiger partial charge in [0.25, 0.3) is 0 Å². The topological polar surface area (TPSA) is 58.4 Å². The van der Waals surface area contributed by atoms with Crippen molar-refractivity contribution in [2.45, 2.75) is 39.9 Å². The van der Waals surface area contributed by atoms with Gasteiger partial charge in [0, 0.05) is 36.5 Å². The van der Waals surface area contributed by atoms with Crippen LogP contribution in [0.15, 0.2) is 42.5 Å². The zero-order chi connectivity index (χ0) is 21.1. The molecule has 3 aromatic rings. The summed E-state index contributed by atoms with van der Waals surface area (Å²) >= 11 is 0. The minimum absolute atomic E-state index is 0. The number of halogens is 1. The molecule has 1 aliphatic heterocycles. The molecule has 0 amide bonds. The predicted octanol–water partition coefficient (Wildman–Crippen LogP) is 5.34. The molecule has 0 radical (unpaired) electrons. The Hall–Kier alpha value is -2.81. The summed E-state index contributed by atoms with van der Waals surface area (Å²) in [6.07, 6.45) is 1.37. The van der Waals surface area contributed by atoms with Gasteiger partial charge in [-0.15, -0.1) is 12.4 Å². The Kier molecular flexibility index (Phi) is 7.37. The number of nitrogens with zero attached hydrogens (tertiary/aromatic N) is 3. The molecule has 0 saturated carbocycles. The molecule has 31 heavy (non-hydrogen) atoms. The predicted molar refractivity (Wildman–Crippen MR) is 126 cm³/mol. The highest BCUT2D eigenvalue weighted by atomic mass is 35.5. The molecule has 2 heterocycles. The first-order valence-corrected chi connectivity index (χ1v) is 10.5. The van der Waals surface area contributed by atoms with Crippen LogP contribution in [0.1, 0.15) is 35.7 Å². The van der Waals surface area contributed by atoms with E-state index in [9.17, 15) is 0 Å². The monoisotopic (exact) mass is 437 g/mol. The van der Waals surface area contributed by atoms with Gasteiger partial charge in [-0.3, -0.25) is 4.98 Å². The molecule has 1 saturated heterocycles. The lowest BCUT2D eigenvalue weighted by Gasteiger charge is -2.22. The summed E-state index contributed by atoms with van der Waals surface area (Å²) in [5.74, 6) is 0.755. The Bertz CT molecular complexity index is 1090. The van der Waals surface area contributed by atoms with Crippen molar-refractivity contribution in [2.24, 2.45) is 0 Å². The molecule has 0 spiro atoms. The second-order valence-electron chi connectivity index (χ2n) is 7.82. The van der Waals surface area contributed by atoms with Crippen LogP contribution in [-0.4, -0.2) is 30.8 Å². The van der Waals surface area contributed by atoms with Crippen LogP contribution in [0.5, 0.6) is 5.75 Å². The summed E-state index contributed by atoms with van der Waals surface area (Å²) < 4.78 is 11.8.